The van der Waals surface area contributed by atoms with Crippen LogP contribution in [0.2, 0.25) is 0 Å². The maximum atomic E-state index is 13.7. The fourth-order valence-corrected chi connectivity index (χ4v) is 5.04. The number of rotatable bonds is 3. The van der Waals surface area contributed by atoms with Crippen LogP contribution < -0.4 is 14.8 Å². The summed E-state index contributed by atoms with van der Waals surface area (Å²) < 4.78 is 53.0. The highest BCUT2D eigenvalue weighted by Crippen LogP contribution is 2.35. The number of halogens is 2. The number of sulfonamides is 1. The summed E-state index contributed by atoms with van der Waals surface area (Å²) in [6, 6.07) is 10.3. The molecule has 0 spiro atoms. The van der Waals surface area contributed by atoms with Gasteiger partial charge in [-0.1, -0.05) is 12.1 Å². The summed E-state index contributed by atoms with van der Waals surface area (Å²) >= 11 is 0. The normalized spacial score (nSPS) is 20.1. The molecule has 9 heteroatoms. The van der Waals surface area contributed by atoms with E-state index in [0.717, 1.165) is 6.42 Å². The molecule has 0 aromatic heterocycles. The van der Waals surface area contributed by atoms with Crippen LogP contribution in [-0.4, -0.2) is 45.6 Å². The Morgan fingerprint density at radius 1 is 1.07 bits per heavy atom. The van der Waals surface area contributed by atoms with Gasteiger partial charge < -0.3 is 14.8 Å². The van der Waals surface area contributed by atoms with E-state index >= 15 is 0 Å². The van der Waals surface area contributed by atoms with Crippen LogP contribution >= 0.6 is 12.4 Å². The minimum absolute atomic E-state index is 0. The Morgan fingerprint density at radius 3 is 2.64 bits per heavy atom. The third-order valence-corrected chi connectivity index (χ3v) is 6.66. The molecule has 0 amide bonds. The van der Waals surface area contributed by atoms with Crippen molar-refractivity contribution in [3.63, 3.8) is 0 Å². The summed E-state index contributed by atoms with van der Waals surface area (Å²) in [5.74, 6) is 0.602. The number of benzene rings is 2. The molecule has 0 aliphatic carbocycles. The van der Waals surface area contributed by atoms with Gasteiger partial charge in [-0.2, -0.15) is 4.31 Å². The van der Waals surface area contributed by atoms with Crippen molar-refractivity contribution in [2.75, 3.05) is 32.8 Å². The van der Waals surface area contributed by atoms with Gasteiger partial charge in [0.25, 0.3) is 0 Å². The first-order valence-electron chi connectivity index (χ1n) is 8.93. The molecule has 2 aromatic carbocycles. The lowest BCUT2D eigenvalue weighted by Crippen LogP contribution is -2.48. The second kappa shape index (κ2) is 8.65. The second-order valence-corrected chi connectivity index (χ2v) is 8.44. The Hall–Kier alpha value is -1.87. The second-order valence-electron chi connectivity index (χ2n) is 6.55. The lowest BCUT2D eigenvalue weighted by molar-refractivity contribution is 0.270. The lowest BCUT2D eigenvalue weighted by Gasteiger charge is -2.35. The van der Waals surface area contributed by atoms with E-state index in [1.54, 1.807) is 18.2 Å². The Bertz CT molecular complexity index is 941. The largest absolute Gasteiger partial charge is 0.490 e. The van der Waals surface area contributed by atoms with Gasteiger partial charge >= 0.3 is 0 Å². The topological polar surface area (TPSA) is 67.9 Å². The first-order valence-corrected chi connectivity index (χ1v) is 10.4. The molecule has 0 bridgehead atoms. The monoisotopic (exact) mass is 428 g/mol. The number of hydrogen-bond donors (Lipinski definition) is 1. The van der Waals surface area contributed by atoms with Crippen LogP contribution in [0, 0.1) is 5.82 Å². The number of hydrogen-bond acceptors (Lipinski definition) is 5. The summed E-state index contributed by atoms with van der Waals surface area (Å²) in [5.41, 5.74) is 0.625. The van der Waals surface area contributed by atoms with Gasteiger partial charge in [-0.25, -0.2) is 12.8 Å². The van der Waals surface area contributed by atoms with E-state index in [9.17, 15) is 12.8 Å². The van der Waals surface area contributed by atoms with E-state index in [-0.39, 0.29) is 23.1 Å². The van der Waals surface area contributed by atoms with E-state index in [4.69, 9.17) is 9.47 Å². The Labute approximate surface area is 170 Å². The molecule has 2 aliphatic rings. The highest BCUT2D eigenvalue weighted by Gasteiger charge is 2.35. The van der Waals surface area contributed by atoms with Crippen molar-refractivity contribution in [3.05, 3.63) is 53.8 Å². The summed E-state index contributed by atoms with van der Waals surface area (Å²) in [7, 11) is -3.78. The molecule has 4 rings (SSSR count). The van der Waals surface area contributed by atoms with Gasteiger partial charge in [-0.3, -0.25) is 0 Å². The molecule has 28 heavy (non-hydrogen) atoms. The van der Waals surface area contributed by atoms with E-state index in [1.807, 2.05) is 0 Å². The van der Waals surface area contributed by atoms with Crippen LogP contribution in [0.25, 0.3) is 0 Å². The van der Waals surface area contributed by atoms with Crippen molar-refractivity contribution >= 4 is 22.4 Å². The van der Waals surface area contributed by atoms with Gasteiger partial charge in [0.05, 0.1) is 24.2 Å². The number of piperazine rings is 1. The summed E-state index contributed by atoms with van der Waals surface area (Å²) in [6.45, 7) is 2.29. The van der Waals surface area contributed by atoms with Crippen LogP contribution in [0.5, 0.6) is 11.5 Å². The Morgan fingerprint density at radius 2 is 1.86 bits per heavy atom. The summed E-state index contributed by atoms with van der Waals surface area (Å²) in [4.78, 5) is 0.148. The third kappa shape index (κ3) is 4.10. The highest BCUT2D eigenvalue weighted by molar-refractivity contribution is 7.89. The average Bonchev–Trinajstić information content (AvgIpc) is 2.93. The Kier molecular flexibility index (Phi) is 6.44. The predicted molar refractivity (Wildman–Crippen MR) is 105 cm³/mol. The third-order valence-electron chi connectivity index (χ3n) is 4.75. The van der Waals surface area contributed by atoms with Crippen molar-refractivity contribution in [3.8, 4) is 11.5 Å². The highest BCUT2D eigenvalue weighted by atomic mass is 35.5. The first kappa shape index (κ1) is 20.9. The summed E-state index contributed by atoms with van der Waals surface area (Å²) in [5, 5.41) is 3.19. The molecule has 2 aliphatic heterocycles. The smallest absolute Gasteiger partial charge is 0.243 e. The zero-order valence-corrected chi connectivity index (χ0v) is 16.8. The molecule has 1 unspecified atom stereocenters. The zero-order valence-electron chi connectivity index (χ0n) is 15.1. The van der Waals surface area contributed by atoms with Crippen molar-refractivity contribution in [2.45, 2.75) is 17.4 Å². The number of nitrogens with one attached hydrogen (secondary N) is 1. The van der Waals surface area contributed by atoms with Gasteiger partial charge in [0.2, 0.25) is 10.0 Å². The van der Waals surface area contributed by atoms with E-state index in [0.29, 0.717) is 49.9 Å². The molecule has 1 fully saturated rings. The van der Waals surface area contributed by atoms with Crippen LogP contribution in [0.3, 0.4) is 0 Å². The van der Waals surface area contributed by atoms with Crippen LogP contribution in [0.1, 0.15) is 18.0 Å². The molecule has 152 valence electrons. The van der Waals surface area contributed by atoms with Gasteiger partial charge in [0.1, 0.15) is 5.82 Å². The quantitative estimate of drug-likeness (QED) is 0.814. The van der Waals surface area contributed by atoms with Crippen LogP contribution in [0.4, 0.5) is 4.39 Å². The van der Waals surface area contributed by atoms with E-state index in [2.05, 4.69) is 5.32 Å². The first-order chi connectivity index (χ1) is 13.1. The minimum atomic E-state index is -3.78. The zero-order chi connectivity index (χ0) is 18.9. The number of ether oxygens (including phenoxy) is 2. The molecule has 0 saturated carbocycles. The fourth-order valence-electron chi connectivity index (χ4n) is 3.41. The van der Waals surface area contributed by atoms with E-state index in [1.165, 1.54) is 28.6 Å². The van der Waals surface area contributed by atoms with Crippen molar-refractivity contribution < 1.29 is 22.3 Å². The average molecular weight is 429 g/mol. The molecular formula is C19H22ClFN2O4S. The van der Waals surface area contributed by atoms with Crippen molar-refractivity contribution in [2.24, 2.45) is 0 Å². The maximum absolute atomic E-state index is 13.7. The molecule has 2 aromatic rings. The molecule has 1 atom stereocenters. The standard InChI is InChI=1S/C19H21FN2O4S.ClH/c20-15-4-1-3-14(11-15)17-13-21-7-8-22(17)27(23,24)16-5-6-18-19(12-16)26-10-2-9-25-18;/h1,3-6,11-12,17,21H,2,7-10,13H2;1H. The molecular weight excluding hydrogens is 407 g/mol. The van der Waals surface area contributed by atoms with Crippen molar-refractivity contribution in [1.29, 1.82) is 0 Å². The molecule has 6 nitrogen and oxygen atoms in total. The molecule has 2 heterocycles. The predicted octanol–water partition coefficient (Wildman–Crippen LogP) is 2.74. The molecule has 1 N–H and O–H groups in total. The van der Waals surface area contributed by atoms with Crippen molar-refractivity contribution in [1.82, 2.24) is 9.62 Å². The van der Waals surface area contributed by atoms with Crippen LogP contribution in [0.15, 0.2) is 47.4 Å². The number of nitrogens with zero attached hydrogens (tertiary/aromatic N) is 1. The SMILES string of the molecule is Cl.O=S(=O)(c1ccc2c(c1)OCCCO2)N1CCNCC1c1cccc(F)c1. The minimum Gasteiger partial charge on any atom is -0.490 e. The Balaban J connectivity index is 0.00000225. The fraction of sp³-hybridized carbons (Fsp3) is 0.368. The summed E-state index contributed by atoms with van der Waals surface area (Å²) in [6.07, 6.45) is 0.746. The van der Waals surface area contributed by atoms with E-state index < -0.39 is 16.1 Å². The van der Waals surface area contributed by atoms with Gasteiger partial charge in [-0.15, -0.1) is 12.4 Å². The molecule has 0 radical (unpaired) electrons. The van der Waals surface area contributed by atoms with Crippen LogP contribution in [-0.2, 0) is 10.0 Å². The van der Waals surface area contributed by atoms with Gasteiger partial charge in [-0.05, 0) is 29.8 Å². The molecule has 1 saturated heterocycles. The number of fused-ring (bicyclic) bond motifs is 1. The maximum Gasteiger partial charge on any atom is 0.243 e. The van der Waals surface area contributed by atoms with Gasteiger partial charge in [0.15, 0.2) is 11.5 Å². The van der Waals surface area contributed by atoms with Gasteiger partial charge in [0, 0.05) is 32.1 Å². The lowest BCUT2D eigenvalue weighted by atomic mass is 10.1.